The van der Waals surface area contributed by atoms with Crippen molar-refractivity contribution in [1.29, 1.82) is 0 Å². The molecule has 20 heavy (non-hydrogen) atoms. The summed E-state index contributed by atoms with van der Waals surface area (Å²) in [5, 5.41) is 2.37. The molecule has 1 aromatic carbocycles. The van der Waals surface area contributed by atoms with E-state index in [4.69, 9.17) is 10.7 Å². The lowest BCUT2D eigenvalue weighted by atomic mass is 10.1. The Morgan fingerprint density at radius 1 is 1.45 bits per heavy atom. The molecule has 1 rings (SSSR count). The second kappa shape index (κ2) is 6.64. The van der Waals surface area contributed by atoms with E-state index in [1.165, 1.54) is 13.2 Å². The maximum absolute atomic E-state index is 13.8. The molecule has 0 fully saturated rings. The molecule has 1 unspecified atom stereocenters. The third kappa shape index (κ3) is 4.53. The lowest BCUT2D eigenvalue weighted by molar-refractivity contribution is 0.0951. The first-order chi connectivity index (χ1) is 9.12. The summed E-state index contributed by atoms with van der Waals surface area (Å²) >= 11 is 0. The van der Waals surface area contributed by atoms with Gasteiger partial charge in [0.15, 0.2) is 0 Å². The Morgan fingerprint density at radius 2 is 2.05 bits per heavy atom. The molecule has 0 bridgehead atoms. The predicted molar refractivity (Wildman–Crippen MR) is 75.4 cm³/mol. The molecule has 0 aromatic heterocycles. The summed E-state index contributed by atoms with van der Waals surface area (Å²) < 4.78 is 47.2. The molecular weight excluding hydrogens is 329 g/mol. The number of hydrogen-bond acceptors (Lipinski definition) is 4. The first-order valence-corrected chi connectivity index (χ1v) is 9.49. The zero-order valence-electron chi connectivity index (χ0n) is 10.8. The number of carbonyl (C=O) groups excluding carboxylic acids is 1. The molecule has 0 saturated carbocycles. The minimum atomic E-state index is -4.06. The molecule has 112 valence electrons. The topological polar surface area (TPSA) is 80.3 Å². The van der Waals surface area contributed by atoms with Crippen molar-refractivity contribution in [2.45, 2.75) is 11.8 Å². The van der Waals surface area contributed by atoms with Crippen LogP contribution in [0.1, 0.15) is 15.9 Å². The van der Waals surface area contributed by atoms with Gasteiger partial charge >= 0.3 is 0 Å². The fourth-order valence-corrected chi connectivity index (χ4v) is 2.68. The Bertz CT molecular complexity index is 661. The lowest BCUT2D eigenvalue weighted by Gasteiger charge is -2.08. The largest absolute Gasteiger partial charge is 0.351 e. The van der Waals surface area contributed by atoms with Crippen molar-refractivity contribution in [2.24, 2.45) is 0 Å². The van der Waals surface area contributed by atoms with E-state index in [2.05, 4.69) is 5.32 Å². The molecule has 0 aliphatic rings. The summed E-state index contributed by atoms with van der Waals surface area (Å²) in [6.07, 6.45) is 1.47. The van der Waals surface area contributed by atoms with Gasteiger partial charge in [-0.2, -0.15) is 0 Å². The molecule has 0 saturated heterocycles. The van der Waals surface area contributed by atoms with Crippen LogP contribution < -0.4 is 5.32 Å². The van der Waals surface area contributed by atoms with E-state index in [-0.39, 0.29) is 22.8 Å². The summed E-state index contributed by atoms with van der Waals surface area (Å²) in [7, 11) is 0.0361. The molecule has 0 heterocycles. The van der Waals surface area contributed by atoms with Crippen molar-refractivity contribution >= 4 is 36.4 Å². The van der Waals surface area contributed by atoms with Gasteiger partial charge in [-0.3, -0.25) is 9.00 Å². The summed E-state index contributed by atoms with van der Waals surface area (Å²) in [5.74, 6) is -1.37. The smallest absolute Gasteiger partial charge is 0.261 e. The van der Waals surface area contributed by atoms with Crippen LogP contribution in [0, 0.1) is 12.7 Å². The van der Waals surface area contributed by atoms with Gasteiger partial charge in [-0.1, -0.05) is 0 Å². The van der Waals surface area contributed by atoms with E-state index in [0.717, 1.165) is 12.1 Å². The third-order valence-electron chi connectivity index (χ3n) is 2.43. The fourth-order valence-electron chi connectivity index (χ4n) is 1.45. The number of aryl methyl sites for hydroxylation is 1. The van der Waals surface area contributed by atoms with Gasteiger partial charge in [0.25, 0.3) is 15.0 Å². The predicted octanol–water partition coefficient (Wildman–Crippen LogP) is 1.17. The zero-order chi connectivity index (χ0) is 15.5. The van der Waals surface area contributed by atoms with Gasteiger partial charge in [-0.15, -0.1) is 0 Å². The first kappa shape index (κ1) is 17.1. The van der Waals surface area contributed by atoms with Crippen LogP contribution in [0.3, 0.4) is 0 Å². The monoisotopic (exact) mass is 341 g/mol. The van der Waals surface area contributed by atoms with Crippen molar-refractivity contribution in [1.82, 2.24) is 5.32 Å². The number of halogens is 2. The highest BCUT2D eigenvalue weighted by Crippen LogP contribution is 2.22. The molecule has 1 amide bonds. The van der Waals surface area contributed by atoms with E-state index in [0.29, 0.717) is 0 Å². The third-order valence-corrected chi connectivity index (χ3v) is 4.54. The molecular formula is C11H13ClFNO4S2. The second-order valence-electron chi connectivity index (χ2n) is 4.07. The Labute approximate surface area is 123 Å². The second-order valence-corrected chi connectivity index (χ2v) is 8.19. The maximum Gasteiger partial charge on any atom is 0.261 e. The number of nitrogens with one attached hydrogen (secondary N) is 1. The van der Waals surface area contributed by atoms with Crippen LogP contribution in [0.2, 0.25) is 0 Å². The van der Waals surface area contributed by atoms with Crippen LogP contribution in [-0.2, 0) is 19.9 Å². The van der Waals surface area contributed by atoms with Crippen LogP contribution in [0.15, 0.2) is 17.0 Å². The van der Waals surface area contributed by atoms with Gasteiger partial charge in [0.05, 0.1) is 10.5 Å². The van der Waals surface area contributed by atoms with E-state index in [1.54, 1.807) is 0 Å². The van der Waals surface area contributed by atoms with Crippen LogP contribution in [0.4, 0.5) is 4.39 Å². The van der Waals surface area contributed by atoms with E-state index >= 15 is 0 Å². The van der Waals surface area contributed by atoms with Crippen LogP contribution >= 0.6 is 10.7 Å². The summed E-state index contributed by atoms with van der Waals surface area (Å²) in [6.45, 7) is 1.43. The van der Waals surface area contributed by atoms with E-state index in [9.17, 15) is 21.8 Å². The molecule has 0 radical (unpaired) electrons. The number of amides is 1. The van der Waals surface area contributed by atoms with Gasteiger partial charge in [0.2, 0.25) is 0 Å². The molecule has 1 atom stereocenters. The number of carbonyl (C=O) groups is 1. The maximum atomic E-state index is 13.8. The van der Waals surface area contributed by atoms with Crippen molar-refractivity contribution in [3.05, 3.63) is 29.1 Å². The number of benzene rings is 1. The number of hydrogen-bond donors (Lipinski definition) is 1. The summed E-state index contributed by atoms with van der Waals surface area (Å²) in [5.41, 5.74) is -0.415. The highest BCUT2D eigenvalue weighted by atomic mass is 35.7. The number of rotatable bonds is 5. The fraction of sp³-hybridized carbons (Fsp3) is 0.364. The molecule has 0 aliphatic carbocycles. The van der Waals surface area contributed by atoms with Gasteiger partial charge in [0.1, 0.15) is 5.82 Å². The quantitative estimate of drug-likeness (QED) is 0.815. The summed E-state index contributed by atoms with van der Waals surface area (Å²) in [4.78, 5) is 11.4. The van der Waals surface area contributed by atoms with Crippen molar-refractivity contribution in [3.8, 4) is 0 Å². The first-order valence-electron chi connectivity index (χ1n) is 5.46. The Morgan fingerprint density at radius 3 is 2.55 bits per heavy atom. The van der Waals surface area contributed by atoms with Gasteiger partial charge in [-0.25, -0.2) is 12.8 Å². The Hall–Kier alpha value is -0.990. The standard InChI is InChI=1S/C11H13ClFNO4S2/c1-7-5-8(20(12,17)18)6-9(10(7)13)11(15)14-3-4-19(2)16/h5-6H,3-4H2,1-2H3,(H,14,15). The highest BCUT2D eigenvalue weighted by Gasteiger charge is 2.19. The Kier molecular flexibility index (Phi) is 5.67. The van der Waals surface area contributed by atoms with Crippen LogP contribution in [0.25, 0.3) is 0 Å². The minimum absolute atomic E-state index is 0.00376. The molecule has 0 aliphatic heterocycles. The SMILES string of the molecule is Cc1cc(S(=O)(=O)Cl)cc(C(=O)NCCS(C)=O)c1F. The average molecular weight is 342 g/mol. The van der Waals surface area contributed by atoms with Crippen LogP contribution in [-0.4, -0.2) is 37.1 Å². The summed E-state index contributed by atoms with van der Waals surface area (Å²) in [6, 6.07) is 1.93. The normalized spacial score (nSPS) is 13.0. The van der Waals surface area contributed by atoms with E-state index < -0.39 is 37.1 Å². The minimum Gasteiger partial charge on any atom is -0.351 e. The molecule has 1 aromatic rings. The highest BCUT2D eigenvalue weighted by molar-refractivity contribution is 8.13. The molecule has 0 spiro atoms. The van der Waals surface area contributed by atoms with E-state index in [1.807, 2.05) is 0 Å². The van der Waals surface area contributed by atoms with Crippen molar-refractivity contribution in [3.63, 3.8) is 0 Å². The van der Waals surface area contributed by atoms with Gasteiger partial charge in [0, 0.05) is 40.0 Å². The Balaban J connectivity index is 3.08. The van der Waals surface area contributed by atoms with Crippen LogP contribution in [0.5, 0.6) is 0 Å². The van der Waals surface area contributed by atoms with Gasteiger partial charge in [-0.05, 0) is 24.6 Å². The average Bonchev–Trinajstić information content (AvgIpc) is 2.30. The van der Waals surface area contributed by atoms with Crippen molar-refractivity contribution in [2.75, 3.05) is 18.6 Å². The zero-order valence-corrected chi connectivity index (χ0v) is 13.2. The van der Waals surface area contributed by atoms with Gasteiger partial charge < -0.3 is 5.32 Å². The molecule has 5 nitrogen and oxygen atoms in total. The molecule has 1 N–H and O–H groups in total. The van der Waals surface area contributed by atoms with Crippen molar-refractivity contribution < 1.29 is 21.8 Å². The molecule has 9 heteroatoms. The lowest BCUT2D eigenvalue weighted by Crippen LogP contribution is -2.28.